The molecule has 24 heavy (non-hydrogen) atoms. The first-order valence-corrected chi connectivity index (χ1v) is 8.20. The Hall–Kier alpha value is -1.28. The molecule has 1 aliphatic heterocycles. The second kappa shape index (κ2) is 4.88. The first-order valence-electron chi connectivity index (χ1n) is 8.20. The summed E-state index contributed by atoms with van der Waals surface area (Å²) in [6.45, 7) is 6.49. The van der Waals surface area contributed by atoms with Crippen LogP contribution in [0.4, 0.5) is 0 Å². The fourth-order valence-electron chi connectivity index (χ4n) is 4.74. The molecule has 0 radical (unpaired) electrons. The number of hydrogen-bond donors (Lipinski definition) is 4. The van der Waals surface area contributed by atoms with Crippen LogP contribution in [0, 0.1) is 17.8 Å². The van der Waals surface area contributed by atoms with Gasteiger partial charge in [0.2, 0.25) is 0 Å². The average Bonchev–Trinajstić information content (AvgIpc) is 2.78. The summed E-state index contributed by atoms with van der Waals surface area (Å²) in [6.07, 6.45) is -1.64. The van der Waals surface area contributed by atoms with E-state index in [1.54, 1.807) is 27.7 Å². The predicted octanol–water partition coefficient (Wildman–Crippen LogP) is 0.222. The summed E-state index contributed by atoms with van der Waals surface area (Å²) in [7, 11) is 0. The summed E-state index contributed by atoms with van der Waals surface area (Å²) in [6, 6.07) is 0. The van der Waals surface area contributed by atoms with Crippen molar-refractivity contribution in [3.63, 3.8) is 0 Å². The van der Waals surface area contributed by atoms with Crippen molar-refractivity contribution in [2.45, 2.75) is 63.6 Å². The normalized spacial score (nSPS) is 44.0. The molecule has 3 rings (SSSR count). The summed E-state index contributed by atoms with van der Waals surface area (Å²) >= 11 is 0. The van der Waals surface area contributed by atoms with Gasteiger partial charge in [-0.3, -0.25) is 9.59 Å². The Morgan fingerprint density at radius 3 is 2.42 bits per heavy atom. The highest BCUT2D eigenvalue weighted by atomic mass is 16.6. The van der Waals surface area contributed by atoms with Gasteiger partial charge in [0.25, 0.3) is 0 Å². The predicted molar refractivity (Wildman–Crippen MR) is 81.8 cm³/mol. The highest BCUT2D eigenvalue weighted by molar-refractivity contribution is 6.24. The smallest absolute Gasteiger partial charge is 0.176 e. The van der Waals surface area contributed by atoms with Crippen LogP contribution in [0.1, 0.15) is 40.5 Å². The number of aliphatic hydroxyl groups is 4. The first-order chi connectivity index (χ1) is 10.9. The van der Waals surface area contributed by atoms with Gasteiger partial charge in [0.15, 0.2) is 23.5 Å². The summed E-state index contributed by atoms with van der Waals surface area (Å²) in [5, 5.41) is 42.9. The molecule has 2 fully saturated rings. The van der Waals surface area contributed by atoms with Gasteiger partial charge in [-0.2, -0.15) is 0 Å². The van der Waals surface area contributed by atoms with E-state index in [-0.39, 0.29) is 12.8 Å². The highest BCUT2D eigenvalue weighted by Gasteiger charge is 2.76. The monoisotopic (exact) mass is 340 g/mol. The molecule has 7 heteroatoms. The van der Waals surface area contributed by atoms with Gasteiger partial charge in [0, 0.05) is 18.3 Å². The lowest BCUT2D eigenvalue weighted by atomic mass is 9.69. The van der Waals surface area contributed by atoms with E-state index >= 15 is 0 Å². The van der Waals surface area contributed by atoms with Gasteiger partial charge in [-0.25, -0.2) is 0 Å². The first kappa shape index (κ1) is 17.5. The van der Waals surface area contributed by atoms with E-state index in [2.05, 4.69) is 0 Å². The van der Waals surface area contributed by atoms with Crippen LogP contribution in [0.2, 0.25) is 0 Å². The van der Waals surface area contributed by atoms with E-state index in [0.29, 0.717) is 0 Å². The number of allylic oxidation sites excluding steroid dienone is 1. The van der Waals surface area contributed by atoms with Crippen LogP contribution >= 0.6 is 0 Å². The fourth-order valence-corrected chi connectivity index (χ4v) is 4.74. The molecule has 3 aliphatic rings. The van der Waals surface area contributed by atoms with Crippen LogP contribution in [0.15, 0.2) is 11.3 Å². The summed E-state index contributed by atoms with van der Waals surface area (Å²) in [5.74, 6) is -4.32. The zero-order chi connectivity index (χ0) is 18.2. The van der Waals surface area contributed by atoms with Crippen LogP contribution in [-0.2, 0) is 14.3 Å². The Kier molecular flexibility index (Phi) is 3.57. The number of carbonyl (C=O) groups excluding carboxylic acids is 2. The number of carbonyl (C=O) groups is 2. The number of rotatable bonds is 2. The Labute approximate surface area is 139 Å². The van der Waals surface area contributed by atoms with Crippen molar-refractivity contribution in [3.8, 4) is 0 Å². The van der Waals surface area contributed by atoms with Gasteiger partial charge in [-0.1, -0.05) is 13.8 Å². The molecule has 1 unspecified atom stereocenters. The van der Waals surface area contributed by atoms with Crippen molar-refractivity contribution >= 4 is 11.6 Å². The maximum atomic E-state index is 12.7. The lowest BCUT2D eigenvalue weighted by molar-refractivity contribution is -0.299. The second-order valence-electron chi connectivity index (χ2n) is 8.02. The molecule has 7 nitrogen and oxygen atoms in total. The van der Waals surface area contributed by atoms with Gasteiger partial charge in [0.1, 0.15) is 16.9 Å². The lowest BCUT2D eigenvalue weighted by Crippen LogP contribution is -2.65. The van der Waals surface area contributed by atoms with Crippen LogP contribution in [0.3, 0.4) is 0 Å². The number of Topliss-reactive ketones (excluding diaryl/α,β-unsaturated/α-hetero) is 2. The SMILES string of the molecule is CC(C)C(=O)C1=C(O)[C@@]2(O)[C@H](C[C@H]3C(C)(C)OC(O)C[C@]32O)C1=O. The number of fused-ring (bicyclic) bond motifs is 3. The molecule has 0 spiro atoms. The Morgan fingerprint density at radius 1 is 1.29 bits per heavy atom. The van der Waals surface area contributed by atoms with E-state index in [1.807, 2.05) is 0 Å². The molecule has 0 aromatic rings. The minimum atomic E-state index is -2.28. The molecule has 5 atom stereocenters. The van der Waals surface area contributed by atoms with E-state index in [4.69, 9.17) is 4.74 Å². The topological polar surface area (TPSA) is 124 Å². The van der Waals surface area contributed by atoms with Crippen molar-refractivity contribution in [1.82, 2.24) is 0 Å². The maximum Gasteiger partial charge on any atom is 0.176 e. The van der Waals surface area contributed by atoms with E-state index in [0.717, 1.165) is 0 Å². The molecular weight excluding hydrogens is 316 g/mol. The minimum absolute atomic E-state index is 0.0600. The van der Waals surface area contributed by atoms with Gasteiger partial charge in [0.05, 0.1) is 11.5 Å². The molecule has 0 bridgehead atoms. The lowest BCUT2D eigenvalue weighted by Gasteiger charge is -2.51. The van der Waals surface area contributed by atoms with E-state index in [9.17, 15) is 30.0 Å². The summed E-state index contributed by atoms with van der Waals surface area (Å²) in [4.78, 5) is 25.0. The zero-order valence-corrected chi connectivity index (χ0v) is 14.2. The Balaban J connectivity index is 2.17. The number of ether oxygens (including phenoxy) is 1. The molecule has 0 aromatic carbocycles. The van der Waals surface area contributed by atoms with Gasteiger partial charge in [-0.15, -0.1) is 0 Å². The van der Waals surface area contributed by atoms with Gasteiger partial charge < -0.3 is 25.2 Å². The zero-order valence-electron chi connectivity index (χ0n) is 14.2. The molecule has 1 saturated carbocycles. The highest BCUT2D eigenvalue weighted by Crippen LogP contribution is 2.62. The Bertz CT molecular complexity index is 649. The third kappa shape index (κ3) is 1.87. The van der Waals surface area contributed by atoms with Crippen molar-refractivity contribution in [1.29, 1.82) is 0 Å². The van der Waals surface area contributed by atoms with E-state index in [1.165, 1.54) is 0 Å². The number of hydrogen-bond acceptors (Lipinski definition) is 7. The third-order valence-electron chi connectivity index (χ3n) is 5.91. The molecule has 0 aromatic heterocycles. The van der Waals surface area contributed by atoms with Gasteiger partial charge >= 0.3 is 0 Å². The largest absolute Gasteiger partial charge is 0.508 e. The van der Waals surface area contributed by atoms with Crippen LogP contribution in [-0.4, -0.2) is 55.1 Å². The standard InChI is InChI=1S/C17H24O7/c1-7(2)12(19)11-13(20)8-5-9-15(3,4)24-10(18)6-16(9,22)17(8,23)14(11)21/h7-10,18,21-23H,5-6H2,1-4H3/t8-,9+,10?,16+,17+/m1/s1. The second-order valence-corrected chi connectivity index (χ2v) is 8.02. The van der Waals surface area contributed by atoms with Crippen molar-refractivity contribution in [3.05, 3.63) is 11.3 Å². The van der Waals surface area contributed by atoms with Crippen molar-refractivity contribution in [2.75, 3.05) is 0 Å². The molecule has 0 amide bonds. The van der Waals surface area contributed by atoms with Crippen LogP contribution in [0.5, 0.6) is 0 Å². The molecule has 1 saturated heterocycles. The van der Waals surface area contributed by atoms with Crippen LogP contribution < -0.4 is 0 Å². The molecule has 1 heterocycles. The molecule has 4 N–H and O–H groups in total. The summed E-state index contributed by atoms with van der Waals surface area (Å²) in [5.41, 5.74) is -5.67. The van der Waals surface area contributed by atoms with E-state index < -0.39 is 63.7 Å². The fraction of sp³-hybridized carbons (Fsp3) is 0.765. The van der Waals surface area contributed by atoms with Crippen molar-refractivity contribution < 1.29 is 34.8 Å². The average molecular weight is 340 g/mol. The quantitative estimate of drug-likeness (QED) is 0.530. The van der Waals surface area contributed by atoms with Crippen molar-refractivity contribution in [2.24, 2.45) is 17.8 Å². The summed E-state index contributed by atoms with van der Waals surface area (Å²) < 4.78 is 5.45. The molecule has 134 valence electrons. The minimum Gasteiger partial charge on any atom is -0.508 e. The number of aliphatic hydroxyl groups excluding tert-OH is 2. The van der Waals surface area contributed by atoms with Crippen LogP contribution in [0.25, 0.3) is 0 Å². The molecule has 2 aliphatic carbocycles. The number of ketones is 2. The Morgan fingerprint density at radius 2 is 1.88 bits per heavy atom. The maximum absolute atomic E-state index is 12.7. The van der Waals surface area contributed by atoms with Gasteiger partial charge in [-0.05, 0) is 20.3 Å². The molecular formula is C17H24O7. The third-order valence-corrected chi connectivity index (χ3v) is 5.91.